The Morgan fingerprint density at radius 2 is 2.04 bits per heavy atom. The Bertz CT molecular complexity index is 488. The molecule has 0 N–H and O–H groups in total. The quantitative estimate of drug-likeness (QED) is 0.777. The van der Waals surface area contributed by atoms with Gasteiger partial charge in [-0.05, 0) is 58.9 Å². The maximum atomic E-state index is 12.3. The van der Waals surface area contributed by atoms with Gasteiger partial charge in [0.05, 0.1) is 6.61 Å². The van der Waals surface area contributed by atoms with E-state index >= 15 is 0 Å². The van der Waals surface area contributed by atoms with Crippen molar-refractivity contribution in [2.75, 3.05) is 13.2 Å². The Labute approximate surface area is 138 Å². The van der Waals surface area contributed by atoms with Crippen LogP contribution < -0.4 is 4.74 Å². The first-order valence-electron chi connectivity index (χ1n) is 8.35. The lowest BCUT2D eigenvalue weighted by atomic mass is 9.98. The molecular formula is C17H27N3O3. The first kappa shape index (κ1) is 17.5. The number of hydrogen-bond donors (Lipinski definition) is 0. The van der Waals surface area contributed by atoms with Crippen LogP contribution in [0, 0.1) is 0 Å². The largest absolute Gasteiger partial charge is 0.463 e. The third-order valence-corrected chi connectivity index (χ3v) is 3.71. The van der Waals surface area contributed by atoms with Crippen LogP contribution >= 0.6 is 0 Å². The van der Waals surface area contributed by atoms with Crippen molar-refractivity contribution in [2.45, 2.75) is 64.5 Å². The molecule has 0 bridgehead atoms. The Morgan fingerprint density at radius 1 is 1.30 bits per heavy atom. The van der Waals surface area contributed by atoms with Crippen LogP contribution in [-0.4, -0.2) is 45.8 Å². The van der Waals surface area contributed by atoms with E-state index in [1.165, 1.54) is 0 Å². The molecule has 128 valence electrons. The van der Waals surface area contributed by atoms with E-state index in [1.54, 1.807) is 18.5 Å². The van der Waals surface area contributed by atoms with Crippen molar-refractivity contribution in [3.05, 3.63) is 18.5 Å². The molecule has 1 aromatic rings. The zero-order valence-electron chi connectivity index (χ0n) is 14.3. The first-order chi connectivity index (χ1) is 11.0. The lowest BCUT2D eigenvalue weighted by molar-refractivity contribution is 0.00820. The van der Waals surface area contributed by atoms with Crippen LogP contribution in [0.25, 0.3) is 0 Å². The third kappa shape index (κ3) is 6.04. The molecule has 6 heteroatoms. The average Bonchev–Trinajstić information content (AvgIpc) is 2.51. The maximum absolute atomic E-state index is 12.3. The normalized spacial score (nSPS) is 18.6. The van der Waals surface area contributed by atoms with Crippen LogP contribution in [0.1, 0.15) is 52.9 Å². The molecule has 1 atom stereocenters. The fourth-order valence-electron chi connectivity index (χ4n) is 2.70. The van der Waals surface area contributed by atoms with Crippen molar-refractivity contribution in [3.8, 4) is 6.01 Å². The smallest absolute Gasteiger partial charge is 0.410 e. The Balaban J connectivity index is 1.78. The lowest BCUT2D eigenvalue weighted by Crippen LogP contribution is -2.46. The second-order valence-electron chi connectivity index (χ2n) is 6.85. The Hall–Kier alpha value is -1.85. The van der Waals surface area contributed by atoms with Gasteiger partial charge < -0.3 is 14.4 Å². The molecule has 0 aliphatic carbocycles. The van der Waals surface area contributed by atoms with Crippen LogP contribution in [0.15, 0.2) is 18.5 Å². The summed E-state index contributed by atoms with van der Waals surface area (Å²) < 4.78 is 11.0. The standard InChI is InChI=1S/C17H27N3O3/c1-17(2,3)23-16(21)20-12-5-4-8-14(20)9-6-13-22-15-18-10-7-11-19-15/h7,10-11,14H,4-6,8-9,12-13H2,1-3H3. The highest BCUT2D eigenvalue weighted by molar-refractivity contribution is 5.68. The molecule has 1 amide bonds. The zero-order valence-corrected chi connectivity index (χ0v) is 14.3. The van der Waals surface area contributed by atoms with E-state index in [0.717, 1.165) is 38.6 Å². The molecule has 23 heavy (non-hydrogen) atoms. The van der Waals surface area contributed by atoms with Crippen molar-refractivity contribution < 1.29 is 14.3 Å². The Morgan fingerprint density at radius 3 is 2.74 bits per heavy atom. The number of carbonyl (C=O) groups excluding carboxylic acids is 1. The van der Waals surface area contributed by atoms with Crippen molar-refractivity contribution in [3.63, 3.8) is 0 Å². The highest BCUT2D eigenvalue weighted by atomic mass is 16.6. The van der Waals surface area contributed by atoms with Crippen LogP contribution in [0.3, 0.4) is 0 Å². The summed E-state index contributed by atoms with van der Waals surface area (Å²) in [6.45, 7) is 7.04. The van der Waals surface area contributed by atoms with E-state index in [4.69, 9.17) is 9.47 Å². The molecule has 1 fully saturated rings. The molecule has 1 unspecified atom stereocenters. The minimum atomic E-state index is -0.452. The number of amides is 1. The van der Waals surface area contributed by atoms with Gasteiger partial charge in [-0.15, -0.1) is 0 Å². The van der Waals surface area contributed by atoms with E-state index in [0.29, 0.717) is 12.6 Å². The molecule has 1 saturated heterocycles. The number of rotatable bonds is 5. The Kier molecular flexibility index (Phi) is 6.19. The van der Waals surface area contributed by atoms with Crippen molar-refractivity contribution >= 4 is 6.09 Å². The van der Waals surface area contributed by atoms with Gasteiger partial charge in [0.2, 0.25) is 0 Å². The second kappa shape index (κ2) is 8.13. The van der Waals surface area contributed by atoms with Gasteiger partial charge >= 0.3 is 12.1 Å². The highest BCUT2D eigenvalue weighted by Crippen LogP contribution is 2.23. The molecule has 1 aliphatic rings. The molecule has 1 aliphatic heterocycles. The van der Waals surface area contributed by atoms with E-state index in [1.807, 2.05) is 25.7 Å². The lowest BCUT2D eigenvalue weighted by Gasteiger charge is -2.36. The summed E-state index contributed by atoms with van der Waals surface area (Å²) in [5.74, 6) is 0. The summed E-state index contributed by atoms with van der Waals surface area (Å²) in [6.07, 6.45) is 8.13. The van der Waals surface area contributed by atoms with E-state index in [2.05, 4.69) is 9.97 Å². The van der Waals surface area contributed by atoms with E-state index in [9.17, 15) is 4.79 Å². The van der Waals surface area contributed by atoms with Crippen molar-refractivity contribution in [1.82, 2.24) is 14.9 Å². The minimum absolute atomic E-state index is 0.200. The highest BCUT2D eigenvalue weighted by Gasteiger charge is 2.30. The van der Waals surface area contributed by atoms with Gasteiger partial charge in [0.1, 0.15) is 5.60 Å². The zero-order chi connectivity index (χ0) is 16.7. The van der Waals surface area contributed by atoms with E-state index in [-0.39, 0.29) is 12.1 Å². The van der Waals surface area contributed by atoms with Gasteiger partial charge in [0.15, 0.2) is 0 Å². The number of aromatic nitrogens is 2. The molecule has 2 heterocycles. The van der Waals surface area contributed by atoms with Crippen molar-refractivity contribution in [2.24, 2.45) is 0 Å². The monoisotopic (exact) mass is 321 g/mol. The van der Waals surface area contributed by atoms with Gasteiger partial charge in [0.25, 0.3) is 0 Å². The van der Waals surface area contributed by atoms with Gasteiger partial charge in [-0.3, -0.25) is 0 Å². The van der Waals surface area contributed by atoms with Crippen LogP contribution in [0.4, 0.5) is 4.79 Å². The molecule has 6 nitrogen and oxygen atoms in total. The molecule has 0 radical (unpaired) electrons. The van der Waals surface area contributed by atoms with Crippen LogP contribution in [0.2, 0.25) is 0 Å². The van der Waals surface area contributed by atoms with Crippen LogP contribution in [-0.2, 0) is 4.74 Å². The summed E-state index contributed by atoms with van der Waals surface area (Å²) in [6, 6.07) is 2.40. The molecule has 0 aromatic carbocycles. The predicted octanol–water partition coefficient (Wildman–Crippen LogP) is 3.43. The molecule has 0 saturated carbocycles. The fourth-order valence-corrected chi connectivity index (χ4v) is 2.70. The summed E-state index contributed by atoms with van der Waals surface area (Å²) in [5, 5.41) is 0. The number of hydrogen-bond acceptors (Lipinski definition) is 5. The van der Waals surface area contributed by atoms with Gasteiger partial charge in [-0.2, -0.15) is 0 Å². The summed E-state index contributed by atoms with van der Waals surface area (Å²) in [5.41, 5.74) is -0.452. The first-order valence-corrected chi connectivity index (χ1v) is 8.35. The minimum Gasteiger partial charge on any atom is -0.463 e. The number of likely N-dealkylation sites (tertiary alicyclic amines) is 1. The summed E-state index contributed by atoms with van der Waals surface area (Å²) in [4.78, 5) is 22.3. The van der Waals surface area contributed by atoms with Gasteiger partial charge in [0, 0.05) is 25.0 Å². The van der Waals surface area contributed by atoms with E-state index < -0.39 is 5.60 Å². The second-order valence-corrected chi connectivity index (χ2v) is 6.85. The summed E-state index contributed by atoms with van der Waals surface area (Å²) >= 11 is 0. The van der Waals surface area contributed by atoms with Crippen LogP contribution in [0.5, 0.6) is 6.01 Å². The van der Waals surface area contributed by atoms with Crippen molar-refractivity contribution in [1.29, 1.82) is 0 Å². The molecule has 1 aromatic heterocycles. The number of carbonyl (C=O) groups is 1. The molecule has 0 spiro atoms. The summed E-state index contributed by atoms with van der Waals surface area (Å²) in [7, 11) is 0. The average molecular weight is 321 g/mol. The topological polar surface area (TPSA) is 64.5 Å². The number of nitrogens with zero attached hydrogens (tertiary/aromatic N) is 3. The molecule has 2 rings (SSSR count). The molecular weight excluding hydrogens is 294 g/mol. The maximum Gasteiger partial charge on any atom is 0.410 e. The van der Waals surface area contributed by atoms with Gasteiger partial charge in [-0.25, -0.2) is 14.8 Å². The predicted molar refractivity (Wildman–Crippen MR) is 87.3 cm³/mol. The van der Waals surface area contributed by atoms with Gasteiger partial charge in [-0.1, -0.05) is 0 Å². The fraction of sp³-hybridized carbons (Fsp3) is 0.706. The number of piperidine rings is 1. The number of ether oxygens (including phenoxy) is 2. The SMILES string of the molecule is CC(C)(C)OC(=O)N1CCCCC1CCCOc1ncccn1. The third-order valence-electron chi connectivity index (χ3n) is 3.71.